The summed E-state index contributed by atoms with van der Waals surface area (Å²) >= 11 is 0. The monoisotopic (exact) mass is 383 g/mol. The SMILES string of the molecule is OC(c1c(C2CC2)ccn2cncc12)C1CCN(c2ccc(F)c(F)c2)CC1. The molecule has 28 heavy (non-hydrogen) atoms. The molecule has 1 atom stereocenters. The third kappa shape index (κ3) is 3.05. The molecule has 0 spiro atoms. The van der Waals surface area contributed by atoms with E-state index >= 15 is 0 Å². The first-order chi connectivity index (χ1) is 13.6. The summed E-state index contributed by atoms with van der Waals surface area (Å²) in [5.74, 6) is -0.955. The quantitative estimate of drug-likeness (QED) is 0.724. The van der Waals surface area contributed by atoms with Crippen molar-refractivity contribution in [3.63, 3.8) is 0 Å². The molecule has 0 radical (unpaired) electrons. The number of aliphatic hydroxyl groups excluding tert-OH is 1. The summed E-state index contributed by atoms with van der Waals surface area (Å²) in [5.41, 5.74) is 3.96. The van der Waals surface area contributed by atoms with Crippen LogP contribution in [0.1, 0.15) is 48.8 Å². The standard InChI is InChI=1S/C22H23F2N3O/c23-18-4-3-16(11-19(18)24)26-8-5-15(6-9-26)22(28)21-17(14-1-2-14)7-10-27-13-25-12-20(21)27/h3-4,7,10-15,22,28H,1-2,5-6,8-9H2. The lowest BCUT2D eigenvalue weighted by molar-refractivity contribution is 0.0931. The highest BCUT2D eigenvalue weighted by Crippen LogP contribution is 2.46. The van der Waals surface area contributed by atoms with Crippen LogP contribution in [0.15, 0.2) is 43.0 Å². The highest BCUT2D eigenvalue weighted by molar-refractivity contribution is 5.59. The molecule has 1 unspecified atom stereocenters. The number of hydrogen-bond donors (Lipinski definition) is 1. The number of rotatable bonds is 4. The molecule has 3 heterocycles. The second-order valence-corrected chi connectivity index (χ2v) is 8.01. The number of aliphatic hydroxyl groups is 1. The van der Waals surface area contributed by atoms with Crippen molar-refractivity contribution in [2.24, 2.45) is 5.92 Å². The van der Waals surface area contributed by atoms with Gasteiger partial charge in [0.2, 0.25) is 0 Å². The van der Waals surface area contributed by atoms with Crippen LogP contribution in [0, 0.1) is 17.6 Å². The topological polar surface area (TPSA) is 40.8 Å². The van der Waals surface area contributed by atoms with Crippen molar-refractivity contribution in [3.8, 4) is 0 Å². The van der Waals surface area contributed by atoms with Gasteiger partial charge < -0.3 is 14.4 Å². The Morgan fingerprint density at radius 2 is 1.82 bits per heavy atom. The molecule has 2 aliphatic rings. The molecule has 0 bridgehead atoms. The number of hydrogen-bond acceptors (Lipinski definition) is 3. The largest absolute Gasteiger partial charge is 0.388 e. The van der Waals surface area contributed by atoms with Crippen LogP contribution in [-0.4, -0.2) is 27.6 Å². The van der Waals surface area contributed by atoms with Crippen LogP contribution in [0.3, 0.4) is 0 Å². The van der Waals surface area contributed by atoms with Gasteiger partial charge in [-0.1, -0.05) is 0 Å². The van der Waals surface area contributed by atoms with Gasteiger partial charge in [0.1, 0.15) is 0 Å². The zero-order valence-corrected chi connectivity index (χ0v) is 15.6. The van der Waals surface area contributed by atoms with Crippen LogP contribution in [0.5, 0.6) is 0 Å². The Bertz CT molecular complexity index is 1010. The summed E-state index contributed by atoms with van der Waals surface area (Å²) in [5, 5.41) is 11.3. The lowest BCUT2D eigenvalue weighted by Gasteiger charge is -2.36. The smallest absolute Gasteiger partial charge is 0.160 e. The summed E-state index contributed by atoms with van der Waals surface area (Å²) in [6.07, 6.45) is 9.06. The van der Waals surface area contributed by atoms with Crippen molar-refractivity contribution in [1.29, 1.82) is 0 Å². The van der Waals surface area contributed by atoms with Gasteiger partial charge >= 0.3 is 0 Å². The molecule has 1 aliphatic carbocycles. The van der Waals surface area contributed by atoms with E-state index in [1.165, 1.54) is 30.5 Å². The van der Waals surface area contributed by atoms with E-state index in [9.17, 15) is 13.9 Å². The predicted octanol–water partition coefficient (Wildman–Crippen LogP) is 4.44. The summed E-state index contributed by atoms with van der Waals surface area (Å²) in [4.78, 5) is 6.32. The van der Waals surface area contributed by atoms with Crippen molar-refractivity contribution in [1.82, 2.24) is 9.38 Å². The summed E-state index contributed by atoms with van der Waals surface area (Å²) in [6.45, 7) is 1.43. The second kappa shape index (κ2) is 6.85. The third-order valence-electron chi connectivity index (χ3n) is 6.24. The molecule has 5 rings (SSSR count). The van der Waals surface area contributed by atoms with Gasteiger partial charge in [-0.05, 0) is 61.3 Å². The molecule has 146 valence electrons. The number of halogens is 2. The molecule has 1 saturated carbocycles. The Labute approximate surface area is 162 Å². The van der Waals surface area contributed by atoms with Gasteiger partial charge in [0, 0.05) is 36.6 Å². The van der Waals surface area contributed by atoms with Crippen molar-refractivity contribution in [3.05, 3.63) is 65.7 Å². The predicted molar refractivity (Wildman–Crippen MR) is 103 cm³/mol. The molecule has 2 fully saturated rings. The van der Waals surface area contributed by atoms with E-state index in [0.29, 0.717) is 24.7 Å². The summed E-state index contributed by atoms with van der Waals surface area (Å²) in [6, 6.07) is 6.17. The highest BCUT2D eigenvalue weighted by Gasteiger charge is 2.34. The maximum Gasteiger partial charge on any atom is 0.160 e. The number of imidazole rings is 1. The van der Waals surface area contributed by atoms with Crippen molar-refractivity contribution in [2.45, 2.75) is 37.7 Å². The summed E-state index contributed by atoms with van der Waals surface area (Å²) in [7, 11) is 0. The number of anilines is 1. The van der Waals surface area contributed by atoms with Gasteiger partial charge in [-0.15, -0.1) is 0 Å². The third-order valence-corrected chi connectivity index (χ3v) is 6.24. The molecule has 1 aromatic carbocycles. The summed E-state index contributed by atoms with van der Waals surface area (Å²) < 4.78 is 28.7. The van der Waals surface area contributed by atoms with E-state index in [4.69, 9.17) is 0 Å². The van der Waals surface area contributed by atoms with Gasteiger partial charge in [0.25, 0.3) is 0 Å². The zero-order chi connectivity index (χ0) is 19.3. The minimum atomic E-state index is -0.824. The maximum absolute atomic E-state index is 13.6. The maximum atomic E-state index is 13.6. The molecule has 1 aliphatic heterocycles. The van der Waals surface area contributed by atoms with Crippen LogP contribution < -0.4 is 4.90 Å². The van der Waals surface area contributed by atoms with Crippen LogP contribution in [0.4, 0.5) is 14.5 Å². The van der Waals surface area contributed by atoms with Crippen molar-refractivity contribution >= 4 is 11.2 Å². The Morgan fingerprint density at radius 1 is 1.04 bits per heavy atom. The first kappa shape index (κ1) is 17.6. The van der Waals surface area contributed by atoms with E-state index in [1.54, 1.807) is 12.4 Å². The molecule has 0 amide bonds. The van der Waals surface area contributed by atoms with E-state index < -0.39 is 17.7 Å². The number of pyridine rings is 1. The minimum absolute atomic E-state index is 0.139. The van der Waals surface area contributed by atoms with Crippen LogP contribution in [0.25, 0.3) is 5.52 Å². The normalized spacial score (nSPS) is 19.3. The first-order valence-corrected chi connectivity index (χ1v) is 9.94. The van der Waals surface area contributed by atoms with E-state index in [1.807, 2.05) is 16.8 Å². The zero-order valence-electron chi connectivity index (χ0n) is 15.6. The molecule has 1 N–H and O–H groups in total. The molecule has 3 aromatic rings. The van der Waals surface area contributed by atoms with Gasteiger partial charge in [0.05, 0.1) is 24.1 Å². The molecule has 2 aromatic heterocycles. The fourth-order valence-corrected chi connectivity index (χ4v) is 4.49. The number of aromatic nitrogens is 2. The Balaban J connectivity index is 1.37. The molecule has 1 saturated heterocycles. The van der Waals surface area contributed by atoms with Crippen LogP contribution in [0.2, 0.25) is 0 Å². The first-order valence-electron chi connectivity index (χ1n) is 9.94. The number of fused-ring (bicyclic) bond motifs is 1. The van der Waals surface area contributed by atoms with Gasteiger partial charge in [-0.25, -0.2) is 13.8 Å². The van der Waals surface area contributed by atoms with Gasteiger partial charge in [0.15, 0.2) is 11.6 Å². The molecular weight excluding hydrogens is 360 g/mol. The van der Waals surface area contributed by atoms with E-state index in [-0.39, 0.29) is 5.92 Å². The van der Waals surface area contributed by atoms with Crippen molar-refractivity contribution < 1.29 is 13.9 Å². The minimum Gasteiger partial charge on any atom is -0.388 e. The fraction of sp³-hybridized carbons (Fsp3) is 0.409. The van der Waals surface area contributed by atoms with E-state index in [0.717, 1.165) is 23.9 Å². The molecule has 4 nitrogen and oxygen atoms in total. The fourth-order valence-electron chi connectivity index (χ4n) is 4.49. The highest BCUT2D eigenvalue weighted by atomic mass is 19.2. The van der Waals surface area contributed by atoms with Gasteiger partial charge in [-0.3, -0.25) is 0 Å². The average Bonchev–Trinajstić information content (AvgIpc) is 3.45. The van der Waals surface area contributed by atoms with Crippen molar-refractivity contribution in [2.75, 3.05) is 18.0 Å². The van der Waals surface area contributed by atoms with Gasteiger partial charge in [-0.2, -0.15) is 0 Å². The van der Waals surface area contributed by atoms with Crippen LogP contribution >= 0.6 is 0 Å². The Morgan fingerprint density at radius 3 is 2.54 bits per heavy atom. The molecule has 6 heteroatoms. The number of benzene rings is 1. The average molecular weight is 383 g/mol. The Kier molecular flexibility index (Phi) is 4.31. The lowest BCUT2D eigenvalue weighted by Crippen LogP contribution is -2.36. The number of piperidine rings is 1. The lowest BCUT2D eigenvalue weighted by atomic mass is 9.84. The second-order valence-electron chi connectivity index (χ2n) is 8.01. The van der Waals surface area contributed by atoms with E-state index in [2.05, 4.69) is 16.0 Å². The number of nitrogens with zero attached hydrogens (tertiary/aromatic N) is 3. The molecular formula is C22H23F2N3O. The van der Waals surface area contributed by atoms with Crippen LogP contribution in [-0.2, 0) is 0 Å². The Hall–Kier alpha value is -2.47.